The van der Waals surface area contributed by atoms with E-state index in [1.165, 1.54) is 0 Å². The molecule has 0 spiro atoms. The van der Waals surface area contributed by atoms with E-state index in [9.17, 15) is 4.79 Å². The predicted octanol–water partition coefficient (Wildman–Crippen LogP) is 1.70. The highest BCUT2D eigenvalue weighted by Crippen LogP contribution is 2.11. The van der Waals surface area contributed by atoms with E-state index in [1.54, 1.807) is 6.20 Å². The zero-order valence-corrected chi connectivity index (χ0v) is 11.8. The van der Waals surface area contributed by atoms with Crippen LogP contribution in [0.15, 0.2) is 36.7 Å². The van der Waals surface area contributed by atoms with Gasteiger partial charge in [0, 0.05) is 25.5 Å². The molecule has 0 bridgehead atoms. The Bertz CT molecular complexity index is 578. The topological polar surface area (TPSA) is 56.1 Å². The van der Waals surface area contributed by atoms with Gasteiger partial charge in [0.25, 0.3) is 5.91 Å². The number of amides is 1. The molecular weight excluding hydrogens is 254 g/mol. The number of carbonyl (C=O) groups is 1. The molecule has 0 aliphatic heterocycles. The second-order valence-corrected chi connectivity index (χ2v) is 4.62. The summed E-state index contributed by atoms with van der Waals surface area (Å²) in [5, 5.41) is 2.82. The Labute approximate surface area is 118 Å². The molecule has 2 aromatic rings. The minimum Gasteiger partial charge on any atom is -0.484 e. The molecule has 0 aliphatic carbocycles. The molecule has 106 valence electrons. The van der Waals surface area contributed by atoms with Crippen molar-refractivity contribution in [2.24, 2.45) is 0 Å². The maximum atomic E-state index is 11.7. The lowest BCUT2D eigenvalue weighted by molar-refractivity contribution is -0.123. The van der Waals surface area contributed by atoms with Gasteiger partial charge in [0.2, 0.25) is 0 Å². The van der Waals surface area contributed by atoms with Crippen molar-refractivity contribution in [1.29, 1.82) is 0 Å². The fourth-order valence-electron chi connectivity index (χ4n) is 1.86. The van der Waals surface area contributed by atoms with Crippen LogP contribution < -0.4 is 10.1 Å². The zero-order valence-electron chi connectivity index (χ0n) is 11.8. The van der Waals surface area contributed by atoms with E-state index in [4.69, 9.17) is 4.74 Å². The minimum absolute atomic E-state index is 0.0341. The second-order valence-electron chi connectivity index (χ2n) is 4.62. The molecule has 1 aromatic carbocycles. The first-order valence-corrected chi connectivity index (χ1v) is 6.59. The third-order valence-electron chi connectivity index (χ3n) is 2.96. The van der Waals surface area contributed by atoms with Crippen LogP contribution in [-0.2, 0) is 11.3 Å². The average Bonchev–Trinajstić information content (AvgIpc) is 2.82. The van der Waals surface area contributed by atoms with Crippen LogP contribution in [0.1, 0.15) is 11.4 Å². The van der Waals surface area contributed by atoms with Gasteiger partial charge in [-0.2, -0.15) is 0 Å². The summed E-state index contributed by atoms with van der Waals surface area (Å²) in [6.07, 6.45) is 3.64. The molecule has 5 nitrogen and oxygen atoms in total. The maximum Gasteiger partial charge on any atom is 0.258 e. The van der Waals surface area contributed by atoms with Gasteiger partial charge in [-0.25, -0.2) is 4.98 Å². The molecule has 0 atom stereocenters. The van der Waals surface area contributed by atoms with Gasteiger partial charge in [-0.05, 0) is 31.5 Å². The number of nitrogens with one attached hydrogen (secondary N) is 1. The SMILES string of the molecule is Cc1cccc(OCC(=O)NCCn2ccnc2C)c1. The number of hydrogen-bond donors (Lipinski definition) is 1. The predicted molar refractivity (Wildman–Crippen MR) is 76.6 cm³/mol. The second kappa shape index (κ2) is 6.75. The van der Waals surface area contributed by atoms with Crippen LogP contribution in [0.2, 0.25) is 0 Å². The van der Waals surface area contributed by atoms with Crippen LogP contribution in [0.3, 0.4) is 0 Å². The first kappa shape index (κ1) is 14.1. The van der Waals surface area contributed by atoms with E-state index in [1.807, 2.05) is 48.9 Å². The molecule has 0 saturated heterocycles. The number of nitrogens with zero attached hydrogens (tertiary/aromatic N) is 2. The van der Waals surface area contributed by atoms with Gasteiger partial charge < -0.3 is 14.6 Å². The highest BCUT2D eigenvalue weighted by atomic mass is 16.5. The van der Waals surface area contributed by atoms with E-state index < -0.39 is 0 Å². The molecule has 20 heavy (non-hydrogen) atoms. The van der Waals surface area contributed by atoms with Gasteiger partial charge in [0.15, 0.2) is 6.61 Å². The van der Waals surface area contributed by atoms with Gasteiger partial charge in [0.05, 0.1) is 0 Å². The molecule has 0 radical (unpaired) electrons. The Morgan fingerprint density at radius 2 is 2.25 bits per heavy atom. The summed E-state index contributed by atoms with van der Waals surface area (Å²) in [5.41, 5.74) is 1.11. The van der Waals surface area contributed by atoms with E-state index in [2.05, 4.69) is 10.3 Å². The first-order valence-electron chi connectivity index (χ1n) is 6.59. The number of aromatic nitrogens is 2. The van der Waals surface area contributed by atoms with Crippen LogP contribution >= 0.6 is 0 Å². The molecule has 0 saturated carbocycles. The summed E-state index contributed by atoms with van der Waals surface area (Å²) in [6.45, 7) is 5.23. The third-order valence-corrected chi connectivity index (χ3v) is 2.96. The number of hydrogen-bond acceptors (Lipinski definition) is 3. The van der Waals surface area contributed by atoms with E-state index >= 15 is 0 Å². The van der Waals surface area contributed by atoms with Gasteiger partial charge in [-0.15, -0.1) is 0 Å². The van der Waals surface area contributed by atoms with Crippen LogP contribution in [0.5, 0.6) is 5.75 Å². The van der Waals surface area contributed by atoms with Crippen molar-refractivity contribution in [2.75, 3.05) is 13.2 Å². The lowest BCUT2D eigenvalue weighted by Gasteiger charge is -2.09. The van der Waals surface area contributed by atoms with E-state index in [0.717, 1.165) is 11.4 Å². The maximum absolute atomic E-state index is 11.7. The molecule has 2 rings (SSSR count). The number of carbonyl (C=O) groups excluding carboxylic acids is 1. The van der Waals surface area contributed by atoms with Gasteiger partial charge in [-0.1, -0.05) is 12.1 Å². The number of ether oxygens (including phenoxy) is 1. The Morgan fingerprint density at radius 3 is 2.95 bits per heavy atom. The van der Waals surface area contributed by atoms with Crippen molar-refractivity contribution < 1.29 is 9.53 Å². The Hall–Kier alpha value is -2.30. The van der Waals surface area contributed by atoms with Crippen LogP contribution in [0.4, 0.5) is 0 Å². The minimum atomic E-state index is -0.121. The normalized spacial score (nSPS) is 10.3. The summed E-state index contributed by atoms with van der Waals surface area (Å²) >= 11 is 0. The Balaban J connectivity index is 1.69. The van der Waals surface area contributed by atoms with Crippen LogP contribution in [0, 0.1) is 13.8 Å². The molecule has 1 N–H and O–H groups in total. The van der Waals surface area contributed by atoms with Crippen molar-refractivity contribution in [2.45, 2.75) is 20.4 Å². The first-order chi connectivity index (χ1) is 9.65. The molecule has 0 aliphatic rings. The number of aryl methyl sites for hydroxylation is 2. The van der Waals surface area contributed by atoms with Gasteiger partial charge in [0.1, 0.15) is 11.6 Å². The summed E-state index contributed by atoms with van der Waals surface area (Å²) in [6, 6.07) is 7.64. The summed E-state index contributed by atoms with van der Waals surface area (Å²) in [4.78, 5) is 15.8. The molecule has 0 unspecified atom stereocenters. The van der Waals surface area contributed by atoms with Gasteiger partial charge >= 0.3 is 0 Å². The average molecular weight is 273 g/mol. The standard InChI is InChI=1S/C15H19N3O2/c1-12-4-3-5-14(10-12)20-11-15(19)17-7-9-18-8-6-16-13(18)2/h3-6,8,10H,7,9,11H2,1-2H3,(H,17,19). The summed E-state index contributed by atoms with van der Waals surface area (Å²) in [7, 11) is 0. The Kier molecular flexibility index (Phi) is 4.76. The molecule has 1 aromatic heterocycles. The van der Waals surface area contributed by atoms with Crippen LogP contribution in [-0.4, -0.2) is 28.6 Å². The quantitative estimate of drug-likeness (QED) is 0.871. The fourth-order valence-corrected chi connectivity index (χ4v) is 1.86. The lowest BCUT2D eigenvalue weighted by Crippen LogP contribution is -2.31. The largest absolute Gasteiger partial charge is 0.484 e. The molecule has 1 heterocycles. The monoisotopic (exact) mass is 273 g/mol. The Morgan fingerprint density at radius 1 is 1.40 bits per heavy atom. The smallest absolute Gasteiger partial charge is 0.258 e. The highest BCUT2D eigenvalue weighted by Gasteiger charge is 2.03. The molecule has 1 amide bonds. The number of benzene rings is 1. The molecule has 0 fully saturated rings. The summed E-state index contributed by atoms with van der Waals surface area (Å²) in [5.74, 6) is 1.53. The van der Waals surface area contributed by atoms with Crippen molar-refractivity contribution in [3.63, 3.8) is 0 Å². The van der Waals surface area contributed by atoms with Crippen molar-refractivity contribution >= 4 is 5.91 Å². The van der Waals surface area contributed by atoms with Crippen LogP contribution in [0.25, 0.3) is 0 Å². The van der Waals surface area contributed by atoms with Gasteiger partial charge in [-0.3, -0.25) is 4.79 Å². The molecular formula is C15H19N3O2. The fraction of sp³-hybridized carbons (Fsp3) is 0.333. The van der Waals surface area contributed by atoms with E-state index in [-0.39, 0.29) is 12.5 Å². The zero-order chi connectivity index (χ0) is 14.4. The molecule has 5 heteroatoms. The summed E-state index contributed by atoms with van der Waals surface area (Å²) < 4.78 is 7.42. The highest BCUT2D eigenvalue weighted by molar-refractivity contribution is 5.77. The third kappa shape index (κ3) is 4.12. The van der Waals surface area contributed by atoms with Crippen molar-refractivity contribution in [1.82, 2.24) is 14.9 Å². The number of rotatable bonds is 6. The number of imidazole rings is 1. The van der Waals surface area contributed by atoms with Crippen molar-refractivity contribution in [3.05, 3.63) is 48.0 Å². The lowest BCUT2D eigenvalue weighted by atomic mass is 10.2. The van der Waals surface area contributed by atoms with Crippen molar-refractivity contribution in [3.8, 4) is 5.75 Å². The van der Waals surface area contributed by atoms with E-state index in [0.29, 0.717) is 18.8 Å².